The van der Waals surface area contributed by atoms with E-state index < -0.39 is 38.9 Å². The van der Waals surface area contributed by atoms with Crippen LogP contribution in [0.15, 0.2) is 79.0 Å². The van der Waals surface area contributed by atoms with Gasteiger partial charge >= 0.3 is 6.09 Å². The lowest BCUT2D eigenvalue weighted by molar-refractivity contribution is -0.118. The highest BCUT2D eigenvalue weighted by Gasteiger charge is 2.50. The van der Waals surface area contributed by atoms with Gasteiger partial charge < -0.3 is 19.8 Å². The summed E-state index contributed by atoms with van der Waals surface area (Å²) in [5.74, 6) is -0.473. The molecule has 0 aliphatic heterocycles. The number of pyridine rings is 1. The van der Waals surface area contributed by atoms with E-state index in [-0.39, 0.29) is 17.5 Å². The van der Waals surface area contributed by atoms with Gasteiger partial charge in [0, 0.05) is 4.11 Å². The zero-order valence-electron chi connectivity index (χ0n) is 27.3. The van der Waals surface area contributed by atoms with Gasteiger partial charge in [0.05, 0.1) is 18.3 Å². The number of hydrogen-bond donors (Lipinski definition) is 2. The van der Waals surface area contributed by atoms with Crippen molar-refractivity contribution in [2.75, 3.05) is 18.9 Å². The molecule has 2 heterocycles. The summed E-state index contributed by atoms with van der Waals surface area (Å²) in [6, 6.07) is 21.6. The Morgan fingerprint density at radius 2 is 1.56 bits per heavy atom. The Bertz CT molecular complexity index is 1560. The number of amides is 1. The third-order valence-corrected chi connectivity index (χ3v) is 11.6. The molecular formula is C31H39N5O4Si. The number of carbonyl (C=O) groups excluding carboxylic acids is 2. The van der Waals surface area contributed by atoms with Crippen LogP contribution in [0.5, 0.6) is 0 Å². The lowest BCUT2D eigenvalue weighted by Gasteiger charge is -2.43. The van der Waals surface area contributed by atoms with E-state index in [4.69, 9.17) is 13.3 Å². The second-order valence-corrected chi connectivity index (χ2v) is 16.1. The Morgan fingerprint density at radius 3 is 2.10 bits per heavy atom. The van der Waals surface area contributed by atoms with Crippen molar-refractivity contribution in [3.8, 4) is 0 Å². The van der Waals surface area contributed by atoms with Crippen LogP contribution in [0.3, 0.4) is 0 Å². The quantitative estimate of drug-likeness (QED) is 0.301. The number of carbonyl (C=O) groups is 2. The summed E-state index contributed by atoms with van der Waals surface area (Å²) in [4.78, 5) is 30.6. The lowest BCUT2D eigenvalue weighted by Crippen LogP contribution is -2.67. The van der Waals surface area contributed by atoms with Crippen molar-refractivity contribution in [1.82, 2.24) is 20.1 Å². The Kier molecular flexibility index (Phi) is 7.59. The maximum atomic E-state index is 13.6. The molecular weight excluding hydrogens is 534 g/mol. The van der Waals surface area contributed by atoms with Gasteiger partial charge in [-0.2, -0.15) is 9.78 Å². The molecule has 0 spiro atoms. The van der Waals surface area contributed by atoms with Crippen molar-refractivity contribution >= 4 is 47.5 Å². The van der Waals surface area contributed by atoms with E-state index in [1.54, 1.807) is 26.8 Å². The Balaban J connectivity index is 1.64. The largest absolute Gasteiger partial charge is 0.442 e. The molecule has 2 N–H and O–H groups in total. The molecule has 216 valence electrons. The summed E-state index contributed by atoms with van der Waals surface area (Å²) >= 11 is 0. The second kappa shape index (κ2) is 11.9. The van der Waals surface area contributed by atoms with Gasteiger partial charge in [-0.25, -0.2) is 9.78 Å². The molecule has 41 heavy (non-hydrogen) atoms. The van der Waals surface area contributed by atoms with Gasteiger partial charge in [-0.1, -0.05) is 81.4 Å². The smallest absolute Gasteiger partial charge is 0.435 e. The van der Waals surface area contributed by atoms with E-state index in [1.807, 2.05) is 60.7 Å². The van der Waals surface area contributed by atoms with E-state index in [0.717, 1.165) is 15.1 Å². The van der Waals surface area contributed by atoms with Gasteiger partial charge in [-0.3, -0.25) is 4.79 Å². The van der Waals surface area contributed by atoms with Gasteiger partial charge in [0.2, 0.25) is 5.91 Å². The molecule has 10 heteroatoms. The number of aromatic nitrogens is 3. The standard InChI is InChI=1S/C31H39N5O4Si/c1-30(2,3)40-29(38)36-26-18-19-27(34-24(26)20-33-36)35-28(37)25(32-7)21-39-41(31(4,5)6,22-14-10-8-11-15-22)23-16-12-9-13-17-23/h8-20,25,32H,21H2,1-7H3,(H,34,35,37)/t25-/m1/s1/i7D3. The molecule has 2 aromatic carbocycles. The monoisotopic (exact) mass is 576 g/mol. The van der Waals surface area contributed by atoms with Crippen LogP contribution in [0, 0.1) is 0 Å². The number of ether oxygens (including phenoxy) is 1. The summed E-state index contributed by atoms with van der Waals surface area (Å²) in [6.45, 7) is 8.72. The molecule has 4 aromatic rings. The maximum absolute atomic E-state index is 13.6. The number of hydrogen-bond acceptors (Lipinski definition) is 7. The summed E-state index contributed by atoms with van der Waals surface area (Å²) in [5, 5.41) is 10.9. The van der Waals surface area contributed by atoms with Gasteiger partial charge in [0.1, 0.15) is 23.0 Å². The van der Waals surface area contributed by atoms with E-state index in [2.05, 4.69) is 41.5 Å². The number of benzene rings is 2. The first-order chi connectivity index (χ1) is 20.5. The number of nitrogens with one attached hydrogen (secondary N) is 2. The van der Waals surface area contributed by atoms with Crippen LogP contribution in [-0.4, -0.2) is 60.3 Å². The third kappa shape index (κ3) is 6.56. The van der Waals surface area contributed by atoms with Crippen molar-refractivity contribution < 1.29 is 22.9 Å². The first-order valence-corrected chi connectivity index (χ1v) is 15.3. The van der Waals surface area contributed by atoms with Crippen LogP contribution in [0.1, 0.15) is 45.7 Å². The van der Waals surface area contributed by atoms with Crippen molar-refractivity contribution in [2.45, 2.75) is 58.2 Å². The van der Waals surface area contributed by atoms with Gasteiger partial charge in [0.15, 0.2) is 0 Å². The van der Waals surface area contributed by atoms with Crippen LogP contribution in [0.4, 0.5) is 10.6 Å². The molecule has 0 unspecified atom stereocenters. The maximum Gasteiger partial charge on any atom is 0.435 e. The molecule has 0 fully saturated rings. The van der Waals surface area contributed by atoms with E-state index in [9.17, 15) is 9.59 Å². The fraction of sp³-hybridized carbons (Fsp3) is 0.355. The lowest BCUT2D eigenvalue weighted by atomic mass is 10.2. The average Bonchev–Trinajstić information content (AvgIpc) is 3.35. The highest BCUT2D eigenvalue weighted by atomic mass is 28.4. The van der Waals surface area contributed by atoms with Crippen molar-refractivity contribution in [2.24, 2.45) is 0 Å². The van der Waals surface area contributed by atoms with E-state index in [1.165, 1.54) is 12.3 Å². The van der Waals surface area contributed by atoms with Crippen LogP contribution >= 0.6 is 0 Å². The van der Waals surface area contributed by atoms with Crippen molar-refractivity contribution in [3.63, 3.8) is 0 Å². The van der Waals surface area contributed by atoms with Crippen LogP contribution in [0.25, 0.3) is 11.0 Å². The first-order valence-electron chi connectivity index (χ1n) is 14.9. The number of fused-ring (bicyclic) bond motifs is 1. The second-order valence-electron chi connectivity index (χ2n) is 11.8. The minimum Gasteiger partial charge on any atom is -0.442 e. The van der Waals surface area contributed by atoms with Crippen LogP contribution in [0.2, 0.25) is 5.04 Å². The van der Waals surface area contributed by atoms with E-state index in [0.29, 0.717) is 11.0 Å². The van der Waals surface area contributed by atoms with Gasteiger partial charge in [-0.15, -0.1) is 0 Å². The molecule has 0 bridgehead atoms. The SMILES string of the molecule is [2H]C([2H])([2H])N[C@H](CO[Si](c1ccccc1)(c1ccccc1)C(C)(C)C)C(=O)Nc1ccc2c(cnn2C(=O)OC(C)(C)C)n1. The van der Waals surface area contributed by atoms with Crippen molar-refractivity contribution in [3.05, 3.63) is 79.0 Å². The average molecular weight is 577 g/mol. The number of anilines is 1. The normalized spacial score (nSPS) is 14.5. The van der Waals surface area contributed by atoms with Crippen molar-refractivity contribution in [1.29, 1.82) is 0 Å². The predicted octanol–water partition coefficient (Wildman–Crippen LogP) is 4.32. The number of rotatable bonds is 8. The Hall–Kier alpha value is -3.86. The molecule has 1 atom stereocenters. The highest BCUT2D eigenvalue weighted by molar-refractivity contribution is 6.99. The van der Waals surface area contributed by atoms with Crippen LogP contribution in [-0.2, 0) is 14.0 Å². The summed E-state index contributed by atoms with van der Waals surface area (Å²) in [5.41, 5.74) is 0.0276. The van der Waals surface area contributed by atoms with Gasteiger partial charge in [-0.05, 0) is 55.3 Å². The fourth-order valence-corrected chi connectivity index (χ4v) is 9.37. The molecule has 0 saturated carbocycles. The summed E-state index contributed by atoms with van der Waals surface area (Å²) in [6.07, 6.45) is 0.729. The highest BCUT2D eigenvalue weighted by Crippen LogP contribution is 2.36. The Morgan fingerprint density at radius 1 is 0.951 bits per heavy atom. The topological polar surface area (TPSA) is 107 Å². The molecule has 0 aliphatic rings. The number of likely N-dealkylation sites (N-methyl/N-ethyl adjacent to an activating group) is 1. The third-order valence-electron chi connectivity index (χ3n) is 6.62. The van der Waals surface area contributed by atoms with Gasteiger partial charge in [0.25, 0.3) is 8.32 Å². The molecule has 0 saturated heterocycles. The molecule has 1 amide bonds. The summed E-state index contributed by atoms with van der Waals surface area (Å²) in [7, 11) is -3.06. The molecule has 4 rings (SSSR count). The Labute approximate surface area is 246 Å². The predicted molar refractivity (Wildman–Crippen MR) is 164 cm³/mol. The summed E-state index contributed by atoms with van der Waals surface area (Å²) < 4.78 is 36.9. The van der Waals surface area contributed by atoms with Crippen LogP contribution < -0.4 is 21.0 Å². The molecule has 2 aromatic heterocycles. The number of nitrogens with zero attached hydrogens (tertiary/aromatic N) is 3. The molecule has 0 aliphatic carbocycles. The fourth-order valence-electron chi connectivity index (χ4n) is 4.80. The molecule has 9 nitrogen and oxygen atoms in total. The van der Waals surface area contributed by atoms with E-state index >= 15 is 0 Å². The first kappa shape index (κ1) is 26.1. The zero-order chi connectivity index (χ0) is 32.3. The molecule has 0 radical (unpaired) electrons. The minimum atomic E-state index is -3.06. The minimum absolute atomic E-state index is 0.161. The zero-order valence-corrected chi connectivity index (χ0v) is 25.3.